The van der Waals surface area contributed by atoms with E-state index in [-0.39, 0.29) is 23.7 Å². The van der Waals surface area contributed by atoms with Gasteiger partial charge in [-0.1, -0.05) is 25.7 Å². The van der Waals surface area contributed by atoms with E-state index < -0.39 is 0 Å². The molecule has 4 aliphatic rings. The Morgan fingerprint density at radius 1 is 0.815 bits per heavy atom. The molecular formula is C22H34N2O3. The third-order valence-electron chi connectivity index (χ3n) is 7.52. The fraction of sp³-hybridized carbons (Fsp3) is 0.864. The number of hydrogen-bond acceptors (Lipinski definition) is 3. The second-order valence-corrected chi connectivity index (χ2v) is 9.12. The lowest BCUT2D eigenvalue weighted by molar-refractivity contribution is -0.139. The summed E-state index contributed by atoms with van der Waals surface area (Å²) in [5, 5.41) is 0. The van der Waals surface area contributed by atoms with Crippen molar-refractivity contribution in [1.82, 2.24) is 9.80 Å². The number of hydrogen-bond donors (Lipinski definition) is 0. The maximum absolute atomic E-state index is 12.8. The minimum absolute atomic E-state index is 0.0514. The topological polar surface area (TPSA) is 57.7 Å². The number of rotatable bonds is 5. The van der Waals surface area contributed by atoms with Crippen molar-refractivity contribution in [1.29, 1.82) is 0 Å². The van der Waals surface area contributed by atoms with Crippen molar-refractivity contribution in [3.8, 4) is 0 Å². The number of amides is 3. The molecule has 27 heavy (non-hydrogen) atoms. The third kappa shape index (κ3) is 3.79. The maximum atomic E-state index is 12.8. The Bertz CT molecular complexity index is 564. The summed E-state index contributed by atoms with van der Waals surface area (Å²) in [5.41, 5.74) is 0. The van der Waals surface area contributed by atoms with Gasteiger partial charge in [0.15, 0.2) is 0 Å². The zero-order chi connectivity index (χ0) is 18.8. The summed E-state index contributed by atoms with van der Waals surface area (Å²) < 4.78 is 0. The highest BCUT2D eigenvalue weighted by atomic mass is 16.2. The van der Waals surface area contributed by atoms with Crippen LogP contribution in [0, 0.1) is 17.8 Å². The van der Waals surface area contributed by atoms with Crippen molar-refractivity contribution >= 4 is 17.7 Å². The highest BCUT2D eigenvalue weighted by Crippen LogP contribution is 2.38. The number of nitrogens with zero attached hydrogens (tertiary/aromatic N) is 2. The third-order valence-corrected chi connectivity index (χ3v) is 7.52. The van der Waals surface area contributed by atoms with Crippen LogP contribution in [0.3, 0.4) is 0 Å². The monoisotopic (exact) mass is 374 g/mol. The maximum Gasteiger partial charge on any atom is 0.233 e. The normalized spacial score (nSPS) is 33.8. The lowest BCUT2D eigenvalue weighted by Crippen LogP contribution is -2.49. The zero-order valence-electron chi connectivity index (χ0n) is 16.5. The molecule has 150 valence electrons. The molecule has 2 aliphatic heterocycles. The molecular weight excluding hydrogens is 340 g/mol. The van der Waals surface area contributed by atoms with E-state index in [2.05, 4.69) is 4.90 Å². The molecule has 3 amide bonds. The minimum Gasteiger partial charge on any atom is -0.339 e. The van der Waals surface area contributed by atoms with Crippen molar-refractivity contribution < 1.29 is 14.4 Å². The lowest BCUT2D eigenvalue weighted by atomic mass is 9.78. The number of carbonyl (C=O) groups is 3. The van der Waals surface area contributed by atoms with Crippen LogP contribution in [0.5, 0.6) is 0 Å². The van der Waals surface area contributed by atoms with Crippen LogP contribution < -0.4 is 0 Å². The Morgan fingerprint density at radius 3 is 2.19 bits per heavy atom. The van der Waals surface area contributed by atoms with E-state index >= 15 is 0 Å². The molecule has 2 unspecified atom stereocenters. The molecule has 0 N–H and O–H groups in total. The van der Waals surface area contributed by atoms with Crippen molar-refractivity contribution in [2.75, 3.05) is 13.1 Å². The SMILES string of the molecule is O=C1[C@H]2CCCC[C@H]2C(=O)N1CCCCC(=O)N1CCCC2CCCCC21. The van der Waals surface area contributed by atoms with Crippen LogP contribution in [-0.2, 0) is 14.4 Å². The number of piperidine rings is 1. The molecule has 0 bridgehead atoms. The van der Waals surface area contributed by atoms with Crippen LogP contribution in [0.15, 0.2) is 0 Å². The second-order valence-electron chi connectivity index (χ2n) is 9.12. The van der Waals surface area contributed by atoms with Gasteiger partial charge in [-0.3, -0.25) is 19.3 Å². The van der Waals surface area contributed by atoms with Gasteiger partial charge in [-0.15, -0.1) is 0 Å². The molecule has 0 aromatic heterocycles. The number of unbranched alkanes of at least 4 members (excludes halogenated alkanes) is 1. The molecule has 0 radical (unpaired) electrons. The number of likely N-dealkylation sites (tertiary alicyclic amines) is 2. The number of carbonyl (C=O) groups excluding carboxylic acids is 3. The van der Waals surface area contributed by atoms with E-state index in [0.29, 0.717) is 24.9 Å². The summed E-state index contributed by atoms with van der Waals surface area (Å²) in [4.78, 5) is 41.5. The summed E-state index contributed by atoms with van der Waals surface area (Å²) in [6.07, 6.45) is 13.5. The van der Waals surface area contributed by atoms with E-state index in [1.807, 2.05) is 0 Å². The summed E-state index contributed by atoms with van der Waals surface area (Å²) in [6.45, 7) is 1.43. The molecule has 2 saturated carbocycles. The Kier molecular flexibility index (Phi) is 5.84. The van der Waals surface area contributed by atoms with Gasteiger partial charge < -0.3 is 4.90 Å². The van der Waals surface area contributed by atoms with Crippen molar-refractivity contribution in [3.05, 3.63) is 0 Å². The van der Waals surface area contributed by atoms with E-state index in [0.717, 1.165) is 57.4 Å². The molecule has 0 aromatic carbocycles. The first-order valence-electron chi connectivity index (χ1n) is 11.3. The second kappa shape index (κ2) is 8.32. The molecule has 5 nitrogen and oxygen atoms in total. The molecule has 0 spiro atoms. The molecule has 0 aromatic rings. The fourth-order valence-electron chi connectivity index (χ4n) is 6.08. The first-order valence-corrected chi connectivity index (χ1v) is 11.3. The highest BCUT2D eigenvalue weighted by Gasteiger charge is 2.47. The van der Waals surface area contributed by atoms with Crippen LogP contribution in [0.4, 0.5) is 0 Å². The Hall–Kier alpha value is -1.39. The van der Waals surface area contributed by atoms with Crippen LogP contribution in [-0.4, -0.2) is 46.7 Å². The average molecular weight is 375 g/mol. The molecule has 4 atom stereocenters. The van der Waals surface area contributed by atoms with Gasteiger partial charge in [-0.25, -0.2) is 0 Å². The zero-order valence-corrected chi connectivity index (χ0v) is 16.5. The highest BCUT2D eigenvalue weighted by molar-refractivity contribution is 6.05. The van der Waals surface area contributed by atoms with Gasteiger partial charge in [0.25, 0.3) is 0 Å². The smallest absolute Gasteiger partial charge is 0.233 e. The first-order chi connectivity index (χ1) is 13.2. The number of imide groups is 1. The van der Waals surface area contributed by atoms with Crippen molar-refractivity contribution in [2.45, 2.75) is 89.5 Å². The van der Waals surface area contributed by atoms with Gasteiger partial charge in [0.1, 0.15) is 0 Å². The quantitative estimate of drug-likeness (QED) is 0.546. The Balaban J connectivity index is 1.23. The van der Waals surface area contributed by atoms with E-state index in [4.69, 9.17) is 0 Å². The molecule has 5 heteroatoms. The summed E-state index contributed by atoms with van der Waals surface area (Å²) in [7, 11) is 0. The van der Waals surface area contributed by atoms with E-state index in [9.17, 15) is 14.4 Å². The fourth-order valence-corrected chi connectivity index (χ4v) is 6.08. The summed E-state index contributed by atoms with van der Waals surface area (Å²) in [6, 6.07) is 0.477. The van der Waals surface area contributed by atoms with Gasteiger partial charge in [0.05, 0.1) is 11.8 Å². The van der Waals surface area contributed by atoms with Crippen LogP contribution in [0.1, 0.15) is 83.5 Å². The van der Waals surface area contributed by atoms with Crippen molar-refractivity contribution in [3.63, 3.8) is 0 Å². The number of fused-ring (bicyclic) bond motifs is 2. The van der Waals surface area contributed by atoms with Gasteiger partial charge in [-0.05, 0) is 57.3 Å². The molecule has 2 aliphatic carbocycles. The lowest BCUT2D eigenvalue weighted by Gasteiger charge is -2.44. The molecule has 4 fully saturated rings. The standard InChI is InChI=1S/C22H34N2O3/c25-20(23-15-7-9-16-8-1-4-12-19(16)23)13-5-6-14-24-21(26)17-10-2-3-11-18(17)22(24)27/h16-19H,1-15H2/t16?,17-,18+,19?. The van der Waals surface area contributed by atoms with Gasteiger partial charge in [0.2, 0.25) is 17.7 Å². The molecule has 4 rings (SSSR count). The van der Waals surface area contributed by atoms with Crippen LogP contribution >= 0.6 is 0 Å². The van der Waals surface area contributed by atoms with Crippen molar-refractivity contribution in [2.24, 2.45) is 17.8 Å². The Morgan fingerprint density at radius 2 is 1.44 bits per heavy atom. The molecule has 2 saturated heterocycles. The molecule has 2 heterocycles. The predicted octanol–water partition coefficient (Wildman–Crippen LogP) is 3.51. The first kappa shape index (κ1) is 18.9. The van der Waals surface area contributed by atoms with E-state index in [1.165, 1.54) is 37.0 Å². The average Bonchev–Trinajstić information content (AvgIpc) is 2.95. The minimum atomic E-state index is -0.0514. The largest absolute Gasteiger partial charge is 0.339 e. The van der Waals surface area contributed by atoms with Crippen LogP contribution in [0.2, 0.25) is 0 Å². The predicted molar refractivity (Wildman–Crippen MR) is 103 cm³/mol. The van der Waals surface area contributed by atoms with E-state index in [1.54, 1.807) is 0 Å². The van der Waals surface area contributed by atoms with Gasteiger partial charge in [-0.2, -0.15) is 0 Å². The Labute approximate surface area is 162 Å². The van der Waals surface area contributed by atoms with Gasteiger partial charge >= 0.3 is 0 Å². The summed E-state index contributed by atoms with van der Waals surface area (Å²) >= 11 is 0. The summed E-state index contributed by atoms with van der Waals surface area (Å²) in [5.74, 6) is 1.02. The van der Waals surface area contributed by atoms with Gasteiger partial charge in [0, 0.05) is 25.6 Å². The van der Waals surface area contributed by atoms with Crippen LogP contribution in [0.25, 0.3) is 0 Å².